The van der Waals surface area contributed by atoms with Crippen molar-refractivity contribution in [1.82, 2.24) is 4.57 Å². The van der Waals surface area contributed by atoms with Crippen molar-refractivity contribution in [2.45, 2.75) is 13.0 Å². The van der Waals surface area contributed by atoms with Gasteiger partial charge in [0.2, 0.25) is 0 Å². The number of hydrogen-bond acceptors (Lipinski definition) is 2. The average Bonchev–Trinajstić information content (AvgIpc) is 2.30. The van der Waals surface area contributed by atoms with Crippen LogP contribution in [0, 0.1) is 4.64 Å². The van der Waals surface area contributed by atoms with Gasteiger partial charge in [0, 0.05) is 17.4 Å². The molecule has 0 aliphatic heterocycles. The molecule has 2 aromatic rings. The summed E-state index contributed by atoms with van der Waals surface area (Å²) in [6.45, 7) is 1.72. The molecule has 82 valence electrons. The van der Waals surface area contributed by atoms with Crippen molar-refractivity contribution in [2.24, 2.45) is 0 Å². The molecule has 0 fully saturated rings. The highest BCUT2D eigenvalue weighted by atomic mass is 32.1. The zero-order valence-electron chi connectivity index (χ0n) is 9.00. The molecule has 3 heteroatoms. The van der Waals surface area contributed by atoms with Crippen molar-refractivity contribution in [3.63, 3.8) is 0 Å². The topological polar surface area (TPSA) is 25.2 Å². The van der Waals surface area contributed by atoms with Gasteiger partial charge >= 0.3 is 0 Å². The fraction of sp³-hybridized carbons (Fsp3) is 0.154. The van der Waals surface area contributed by atoms with Crippen LogP contribution in [0.3, 0.4) is 0 Å². The predicted molar refractivity (Wildman–Crippen MR) is 67.2 cm³/mol. The van der Waals surface area contributed by atoms with Gasteiger partial charge in [-0.05, 0) is 25.1 Å². The number of aromatic nitrogens is 1. The van der Waals surface area contributed by atoms with Crippen molar-refractivity contribution in [2.75, 3.05) is 0 Å². The van der Waals surface area contributed by atoms with Crippen molar-refractivity contribution in [3.8, 4) is 5.69 Å². The molecule has 1 atom stereocenters. The van der Waals surface area contributed by atoms with Gasteiger partial charge in [-0.3, -0.25) is 0 Å². The van der Waals surface area contributed by atoms with Crippen LogP contribution in [0.5, 0.6) is 0 Å². The van der Waals surface area contributed by atoms with Crippen LogP contribution in [0.25, 0.3) is 5.69 Å². The highest BCUT2D eigenvalue weighted by molar-refractivity contribution is 7.71. The Morgan fingerprint density at radius 2 is 1.81 bits per heavy atom. The van der Waals surface area contributed by atoms with Gasteiger partial charge in [-0.25, -0.2) is 0 Å². The van der Waals surface area contributed by atoms with Crippen molar-refractivity contribution in [3.05, 3.63) is 58.9 Å². The molecule has 0 aliphatic carbocycles. The van der Waals surface area contributed by atoms with Gasteiger partial charge in [0.15, 0.2) is 0 Å². The molecular formula is C13H13NOS. The van der Waals surface area contributed by atoms with E-state index in [0.717, 1.165) is 11.3 Å². The van der Waals surface area contributed by atoms with E-state index in [9.17, 15) is 5.11 Å². The lowest BCUT2D eigenvalue weighted by molar-refractivity contribution is 0.198. The summed E-state index contributed by atoms with van der Waals surface area (Å²) in [6.07, 6.45) is 1.37. The van der Waals surface area contributed by atoms with E-state index in [-0.39, 0.29) is 0 Å². The van der Waals surface area contributed by atoms with Crippen LogP contribution in [-0.4, -0.2) is 9.67 Å². The van der Waals surface area contributed by atoms with Gasteiger partial charge < -0.3 is 9.67 Å². The molecule has 0 saturated heterocycles. The molecule has 1 N–H and O–H groups in total. The molecule has 1 heterocycles. The van der Waals surface area contributed by atoms with E-state index in [1.807, 2.05) is 53.2 Å². The summed E-state index contributed by atoms with van der Waals surface area (Å²) in [6, 6.07) is 13.6. The number of aliphatic hydroxyl groups excluding tert-OH is 1. The number of aliphatic hydroxyl groups is 1. The Labute approximate surface area is 99.8 Å². The summed E-state index contributed by atoms with van der Waals surface area (Å²) in [7, 11) is 0. The standard InChI is InChI=1S/C13H13NOS/c1-10(15)12-8-5-9-14(13(12)16)11-6-3-2-4-7-11/h2-10,15H,1H3. The van der Waals surface area contributed by atoms with E-state index >= 15 is 0 Å². The molecule has 0 bridgehead atoms. The highest BCUT2D eigenvalue weighted by Crippen LogP contribution is 2.16. The van der Waals surface area contributed by atoms with Crippen LogP contribution < -0.4 is 0 Å². The number of hydrogen-bond donors (Lipinski definition) is 1. The third-order valence-corrected chi connectivity index (χ3v) is 2.89. The van der Waals surface area contributed by atoms with E-state index in [1.54, 1.807) is 6.92 Å². The Morgan fingerprint density at radius 1 is 1.12 bits per heavy atom. The van der Waals surface area contributed by atoms with Crippen molar-refractivity contribution in [1.29, 1.82) is 0 Å². The maximum Gasteiger partial charge on any atom is 0.116 e. The first-order valence-corrected chi connectivity index (χ1v) is 5.56. The summed E-state index contributed by atoms with van der Waals surface area (Å²) in [5.74, 6) is 0. The summed E-state index contributed by atoms with van der Waals surface area (Å²) in [5, 5.41) is 9.60. The lowest BCUT2D eigenvalue weighted by Gasteiger charge is -2.11. The van der Waals surface area contributed by atoms with Gasteiger partial charge in [-0.15, -0.1) is 0 Å². The van der Waals surface area contributed by atoms with E-state index in [2.05, 4.69) is 0 Å². The maximum atomic E-state index is 9.60. The second kappa shape index (κ2) is 4.60. The highest BCUT2D eigenvalue weighted by Gasteiger charge is 2.05. The normalized spacial score (nSPS) is 12.4. The summed E-state index contributed by atoms with van der Waals surface area (Å²) >= 11 is 5.35. The van der Waals surface area contributed by atoms with Gasteiger partial charge in [0.05, 0.1) is 6.10 Å². The first-order valence-electron chi connectivity index (χ1n) is 5.15. The van der Waals surface area contributed by atoms with Gasteiger partial charge in [0.1, 0.15) is 4.64 Å². The lowest BCUT2D eigenvalue weighted by Crippen LogP contribution is -2.01. The molecule has 1 aromatic heterocycles. The minimum absolute atomic E-state index is 0.538. The number of benzene rings is 1. The van der Waals surface area contributed by atoms with E-state index in [0.29, 0.717) is 4.64 Å². The third kappa shape index (κ3) is 2.05. The molecule has 2 nitrogen and oxygen atoms in total. The molecule has 0 saturated carbocycles. The lowest BCUT2D eigenvalue weighted by atomic mass is 10.2. The van der Waals surface area contributed by atoms with E-state index in [1.165, 1.54) is 0 Å². The van der Waals surface area contributed by atoms with Crippen LogP contribution in [0.1, 0.15) is 18.6 Å². The smallest absolute Gasteiger partial charge is 0.116 e. The largest absolute Gasteiger partial charge is 0.389 e. The van der Waals surface area contributed by atoms with Crippen LogP contribution >= 0.6 is 12.2 Å². The SMILES string of the molecule is CC(O)c1cccn(-c2ccccc2)c1=S. The number of nitrogens with zero attached hydrogens (tertiary/aromatic N) is 1. The number of pyridine rings is 1. The number of rotatable bonds is 2. The molecule has 2 rings (SSSR count). The zero-order chi connectivity index (χ0) is 11.5. The molecule has 0 amide bonds. The minimum Gasteiger partial charge on any atom is -0.389 e. The summed E-state index contributed by atoms with van der Waals surface area (Å²) in [5.41, 5.74) is 1.79. The molecule has 1 unspecified atom stereocenters. The Balaban J connectivity index is 2.60. The summed E-state index contributed by atoms with van der Waals surface area (Å²) < 4.78 is 2.56. The summed E-state index contributed by atoms with van der Waals surface area (Å²) in [4.78, 5) is 0. The monoisotopic (exact) mass is 231 g/mol. The zero-order valence-corrected chi connectivity index (χ0v) is 9.82. The van der Waals surface area contributed by atoms with Crippen LogP contribution in [0.4, 0.5) is 0 Å². The molecular weight excluding hydrogens is 218 g/mol. The Bertz CT molecular complexity index is 531. The predicted octanol–water partition coefficient (Wildman–Crippen LogP) is 3.26. The fourth-order valence-corrected chi connectivity index (χ4v) is 2.03. The maximum absolute atomic E-state index is 9.60. The first-order chi connectivity index (χ1) is 7.70. The third-order valence-electron chi connectivity index (χ3n) is 2.46. The van der Waals surface area contributed by atoms with Crippen LogP contribution in [0.15, 0.2) is 48.7 Å². The van der Waals surface area contributed by atoms with Crippen LogP contribution in [0.2, 0.25) is 0 Å². The Hall–Kier alpha value is -1.45. The van der Waals surface area contributed by atoms with Gasteiger partial charge in [-0.2, -0.15) is 0 Å². The Morgan fingerprint density at radius 3 is 2.44 bits per heavy atom. The second-order valence-corrected chi connectivity index (χ2v) is 4.04. The fourth-order valence-electron chi connectivity index (χ4n) is 1.62. The van der Waals surface area contributed by atoms with E-state index in [4.69, 9.17) is 12.2 Å². The number of para-hydroxylation sites is 1. The molecule has 0 spiro atoms. The van der Waals surface area contributed by atoms with Crippen molar-refractivity contribution < 1.29 is 5.11 Å². The second-order valence-electron chi connectivity index (χ2n) is 3.65. The molecule has 1 aromatic carbocycles. The molecule has 0 radical (unpaired) electrons. The first kappa shape index (κ1) is 11.0. The Kier molecular flexibility index (Phi) is 3.17. The molecule has 0 aliphatic rings. The average molecular weight is 231 g/mol. The van der Waals surface area contributed by atoms with Gasteiger partial charge in [0.25, 0.3) is 0 Å². The van der Waals surface area contributed by atoms with E-state index < -0.39 is 6.10 Å². The molecule has 16 heavy (non-hydrogen) atoms. The van der Waals surface area contributed by atoms with Crippen molar-refractivity contribution >= 4 is 12.2 Å². The minimum atomic E-state index is -0.538. The quantitative estimate of drug-likeness (QED) is 0.802. The van der Waals surface area contributed by atoms with Crippen LogP contribution in [-0.2, 0) is 0 Å². The van der Waals surface area contributed by atoms with Gasteiger partial charge in [-0.1, -0.05) is 36.5 Å².